The molecule has 0 heterocycles. The molecule has 0 bridgehead atoms. The molecule has 0 amide bonds. The number of rotatable bonds is 3. The van der Waals surface area contributed by atoms with E-state index in [1.54, 1.807) is 12.1 Å². The van der Waals surface area contributed by atoms with E-state index in [-0.39, 0.29) is 5.56 Å². The highest BCUT2D eigenvalue weighted by Crippen LogP contribution is 2.49. The Labute approximate surface area is 96.2 Å². The molecule has 0 aliphatic heterocycles. The summed E-state index contributed by atoms with van der Waals surface area (Å²) in [5, 5.41) is 0. The van der Waals surface area contributed by atoms with Crippen molar-refractivity contribution in [2.75, 3.05) is 0 Å². The largest absolute Gasteiger partial charge is 0.393 e. The Hall–Kier alpha value is -1.61. The van der Waals surface area contributed by atoms with E-state index in [0.29, 0.717) is 0 Å². The molecule has 2 rings (SSSR count). The molecule has 1 saturated carbocycles. The average molecular weight is 241 g/mol. The molecule has 2 nitrogen and oxygen atoms in total. The van der Waals surface area contributed by atoms with E-state index in [0.717, 1.165) is 18.4 Å². The Bertz CT molecular complexity index is 454. The number of isocyanates is 1. The van der Waals surface area contributed by atoms with Crippen LogP contribution in [0, 0.1) is 0 Å². The number of carbonyl (C=O) groups excluding carboxylic acids is 1. The molecule has 1 fully saturated rings. The molecule has 90 valence electrons. The number of halogens is 3. The van der Waals surface area contributed by atoms with Crippen LogP contribution in [0.15, 0.2) is 29.3 Å². The topological polar surface area (TPSA) is 29.4 Å². The zero-order valence-corrected chi connectivity index (χ0v) is 8.92. The van der Waals surface area contributed by atoms with Gasteiger partial charge in [-0.15, -0.1) is 0 Å². The highest BCUT2D eigenvalue weighted by atomic mass is 19.4. The van der Waals surface area contributed by atoms with Crippen LogP contribution in [0.3, 0.4) is 0 Å². The zero-order valence-electron chi connectivity index (χ0n) is 8.92. The summed E-state index contributed by atoms with van der Waals surface area (Å²) in [5.74, 6) is 0. The highest BCUT2D eigenvalue weighted by molar-refractivity contribution is 5.41. The molecular weight excluding hydrogens is 231 g/mol. The number of hydrogen-bond acceptors (Lipinski definition) is 2. The Balaban J connectivity index is 2.16. The second-order valence-corrected chi connectivity index (χ2v) is 4.22. The van der Waals surface area contributed by atoms with Crippen molar-refractivity contribution in [2.45, 2.75) is 31.0 Å². The van der Waals surface area contributed by atoms with Crippen molar-refractivity contribution in [1.82, 2.24) is 0 Å². The zero-order chi connectivity index (χ0) is 12.5. The molecule has 5 heteroatoms. The SMILES string of the molecule is O=C=NC1(c2ccc(CC(F)(F)F)cc2)CC1. The van der Waals surface area contributed by atoms with E-state index in [4.69, 9.17) is 0 Å². The summed E-state index contributed by atoms with van der Waals surface area (Å²) in [5.41, 5.74) is 0.484. The van der Waals surface area contributed by atoms with Crippen molar-refractivity contribution in [3.63, 3.8) is 0 Å². The quantitative estimate of drug-likeness (QED) is 0.590. The van der Waals surface area contributed by atoms with Gasteiger partial charge in [0.25, 0.3) is 0 Å². The number of hydrogen-bond donors (Lipinski definition) is 0. The van der Waals surface area contributed by atoms with Gasteiger partial charge in [0.05, 0.1) is 12.0 Å². The van der Waals surface area contributed by atoms with E-state index >= 15 is 0 Å². The first kappa shape index (κ1) is 11.9. The molecule has 0 unspecified atom stereocenters. The molecular formula is C12H10F3NO. The van der Waals surface area contributed by atoms with Crippen LogP contribution in [0.1, 0.15) is 24.0 Å². The van der Waals surface area contributed by atoms with Crippen molar-refractivity contribution >= 4 is 6.08 Å². The van der Waals surface area contributed by atoms with E-state index in [1.165, 1.54) is 18.2 Å². The van der Waals surface area contributed by atoms with E-state index in [1.807, 2.05) is 0 Å². The second kappa shape index (κ2) is 4.00. The molecule has 1 aromatic rings. The predicted octanol–water partition coefficient (Wildman–Crippen LogP) is 3.12. The highest BCUT2D eigenvalue weighted by Gasteiger charge is 2.44. The van der Waals surface area contributed by atoms with Gasteiger partial charge >= 0.3 is 6.18 Å². The van der Waals surface area contributed by atoms with E-state index < -0.39 is 18.1 Å². The summed E-state index contributed by atoms with van der Waals surface area (Å²) >= 11 is 0. The maximum atomic E-state index is 12.1. The maximum absolute atomic E-state index is 12.1. The van der Waals surface area contributed by atoms with Crippen LogP contribution in [0.5, 0.6) is 0 Å². The van der Waals surface area contributed by atoms with Crippen LogP contribution in [0.4, 0.5) is 13.2 Å². The molecule has 1 aromatic carbocycles. The number of alkyl halides is 3. The Morgan fingerprint density at radius 3 is 2.24 bits per heavy atom. The first-order chi connectivity index (χ1) is 7.95. The monoisotopic (exact) mass is 241 g/mol. The molecule has 1 aliphatic rings. The normalized spacial score (nSPS) is 17.4. The fraction of sp³-hybridized carbons (Fsp3) is 0.417. The number of aliphatic imine (C=N–C) groups is 1. The minimum atomic E-state index is -4.19. The van der Waals surface area contributed by atoms with E-state index in [2.05, 4.69) is 4.99 Å². The van der Waals surface area contributed by atoms with Crippen LogP contribution in [-0.4, -0.2) is 12.3 Å². The fourth-order valence-corrected chi connectivity index (χ4v) is 1.84. The van der Waals surface area contributed by atoms with Gasteiger partial charge < -0.3 is 0 Å². The predicted molar refractivity (Wildman–Crippen MR) is 55.2 cm³/mol. The van der Waals surface area contributed by atoms with E-state index in [9.17, 15) is 18.0 Å². The molecule has 0 N–H and O–H groups in total. The number of nitrogens with zero attached hydrogens (tertiary/aromatic N) is 1. The van der Waals surface area contributed by atoms with Crippen molar-refractivity contribution in [3.8, 4) is 0 Å². The summed E-state index contributed by atoms with van der Waals surface area (Å²) in [6.45, 7) is 0. The third-order valence-corrected chi connectivity index (χ3v) is 2.88. The smallest absolute Gasteiger partial charge is 0.211 e. The molecule has 0 aromatic heterocycles. The van der Waals surface area contributed by atoms with Gasteiger partial charge in [0.2, 0.25) is 6.08 Å². The summed E-state index contributed by atoms with van der Waals surface area (Å²) in [4.78, 5) is 14.0. The summed E-state index contributed by atoms with van der Waals surface area (Å²) in [6, 6.07) is 6.08. The van der Waals surface area contributed by atoms with Gasteiger partial charge in [-0.3, -0.25) is 0 Å². The lowest BCUT2D eigenvalue weighted by molar-refractivity contribution is -0.127. The first-order valence-corrected chi connectivity index (χ1v) is 5.20. The van der Waals surface area contributed by atoms with Crippen molar-refractivity contribution in [1.29, 1.82) is 0 Å². The van der Waals surface area contributed by atoms with Crippen molar-refractivity contribution in [3.05, 3.63) is 35.4 Å². The van der Waals surface area contributed by atoms with Gasteiger partial charge in [0.15, 0.2) is 0 Å². The minimum absolute atomic E-state index is 0.215. The van der Waals surface area contributed by atoms with Gasteiger partial charge in [-0.2, -0.15) is 18.2 Å². The lowest BCUT2D eigenvalue weighted by atomic mass is 10.0. The van der Waals surface area contributed by atoms with Crippen LogP contribution >= 0.6 is 0 Å². The van der Waals surface area contributed by atoms with Crippen molar-refractivity contribution in [2.24, 2.45) is 4.99 Å². The van der Waals surface area contributed by atoms with Crippen LogP contribution in [0.25, 0.3) is 0 Å². The minimum Gasteiger partial charge on any atom is -0.211 e. The average Bonchev–Trinajstić information content (AvgIpc) is 2.98. The fourth-order valence-electron chi connectivity index (χ4n) is 1.84. The Morgan fingerprint density at radius 1 is 1.24 bits per heavy atom. The molecule has 0 saturated heterocycles. The Kier molecular flexibility index (Phi) is 2.79. The number of benzene rings is 1. The van der Waals surface area contributed by atoms with Gasteiger partial charge in [-0.1, -0.05) is 24.3 Å². The lowest BCUT2D eigenvalue weighted by Crippen LogP contribution is -2.11. The van der Waals surface area contributed by atoms with Gasteiger partial charge in [-0.05, 0) is 24.0 Å². The standard InChI is InChI=1S/C12H10F3NO/c13-12(14,15)7-9-1-3-10(4-2-9)11(5-6-11)16-8-17/h1-4H,5-7H2. The van der Waals surface area contributed by atoms with Crippen LogP contribution < -0.4 is 0 Å². The maximum Gasteiger partial charge on any atom is 0.393 e. The summed E-state index contributed by atoms with van der Waals surface area (Å²) in [7, 11) is 0. The second-order valence-electron chi connectivity index (χ2n) is 4.22. The molecule has 1 aliphatic carbocycles. The summed E-state index contributed by atoms with van der Waals surface area (Å²) < 4.78 is 36.4. The van der Waals surface area contributed by atoms with Gasteiger partial charge in [0, 0.05) is 0 Å². The first-order valence-electron chi connectivity index (χ1n) is 5.20. The summed E-state index contributed by atoms with van der Waals surface area (Å²) in [6.07, 6.45) is -2.11. The lowest BCUT2D eigenvalue weighted by Gasteiger charge is -2.10. The Morgan fingerprint density at radius 2 is 1.82 bits per heavy atom. The third-order valence-electron chi connectivity index (χ3n) is 2.88. The third kappa shape index (κ3) is 2.74. The van der Waals surface area contributed by atoms with Crippen LogP contribution in [-0.2, 0) is 16.8 Å². The van der Waals surface area contributed by atoms with Gasteiger partial charge in [0.1, 0.15) is 0 Å². The molecule has 0 atom stereocenters. The molecule has 0 spiro atoms. The van der Waals surface area contributed by atoms with Crippen molar-refractivity contribution < 1.29 is 18.0 Å². The van der Waals surface area contributed by atoms with Crippen LogP contribution in [0.2, 0.25) is 0 Å². The van der Waals surface area contributed by atoms with Gasteiger partial charge in [-0.25, -0.2) is 4.79 Å². The molecule has 17 heavy (non-hydrogen) atoms. The molecule has 0 radical (unpaired) electrons.